The van der Waals surface area contributed by atoms with Crippen LogP contribution < -0.4 is 0 Å². The third-order valence-corrected chi connectivity index (χ3v) is 1.74. The summed E-state index contributed by atoms with van der Waals surface area (Å²) in [6, 6.07) is 3.04. The predicted octanol–water partition coefficient (Wildman–Crippen LogP) is 3.12. The summed E-state index contributed by atoms with van der Waals surface area (Å²) in [4.78, 5) is 3.76. The van der Waals surface area contributed by atoms with E-state index in [4.69, 9.17) is 11.6 Å². The molecular formula is C7H7BClF3N-. The Bertz CT molecular complexity index is 272. The first-order chi connectivity index (χ1) is 5.97. The molecule has 0 aliphatic carbocycles. The first-order valence-corrected chi connectivity index (χ1v) is 4.16. The average molecular weight is 208 g/mol. The molecular weight excluding hydrogens is 201 g/mol. The summed E-state index contributed by atoms with van der Waals surface area (Å²) in [7, 11) is 0. The minimum absolute atomic E-state index is 0.0688. The van der Waals surface area contributed by atoms with E-state index >= 15 is 0 Å². The highest BCUT2D eigenvalue weighted by Crippen LogP contribution is 2.17. The van der Waals surface area contributed by atoms with Crippen molar-refractivity contribution < 1.29 is 12.9 Å². The van der Waals surface area contributed by atoms with Crippen LogP contribution >= 0.6 is 11.6 Å². The van der Waals surface area contributed by atoms with Crippen LogP contribution in [0.1, 0.15) is 5.69 Å². The average Bonchev–Trinajstić information content (AvgIpc) is 2.02. The minimum Gasteiger partial charge on any atom is -0.449 e. The van der Waals surface area contributed by atoms with Crippen LogP contribution in [0, 0.1) is 0 Å². The number of nitrogens with zero attached hydrogens (tertiary/aromatic N) is 1. The van der Waals surface area contributed by atoms with E-state index in [2.05, 4.69) is 4.98 Å². The summed E-state index contributed by atoms with van der Waals surface area (Å²) >= 11 is 5.52. The van der Waals surface area contributed by atoms with Crippen molar-refractivity contribution in [1.82, 2.24) is 4.98 Å². The molecule has 1 rings (SSSR count). The van der Waals surface area contributed by atoms with Crippen LogP contribution in [0.2, 0.25) is 11.3 Å². The van der Waals surface area contributed by atoms with Gasteiger partial charge in [-0.1, -0.05) is 17.9 Å². The van der Waals surface area contributed by atoms with Crippen molar-refractivity contribution in [3.8, 4) is 0 Å². The second kappa shape index (κ2) is 4.00. The van der Waals surface area contributed by atoms with Crippen molar-refractivity contribution in [3.63, 3.8) is 0 Å². The fraction of sp³-hybridized carbons (Fsp3) is 0.286. The molecule has 1 nitrogen and oxygen atoms in total. The number of aromatic nitrogens is 1. The lowest BCUT2D eigenvalue weighted by atomic mass is 9.83. The van der Waals surface area contributed by atoms with Gasteiger partial charge in [0.05, 0.1) is 5.02 Å². The van der Waals surface area contributed by atoms with Gasteiger partial charge >= 0.3 is 6.98 Å². The van der Waals surface area contributed by atoms with Gasteiger partial charge in [-0.2, -0.15) is 0 Å². The normalized spacial score (nSPS) is 11.7. The lowest BCUT2D eigenvalue weighted by Gasteiger charge is -2.12. The van der Waals surface area contributed by atoms with Gasteiger partial charge in [-0.05, 0) is 18.6 Å². The van der Waals surface area contributed by atoms with E-state index in [9.17, 15) is 12.9 Å². The second-order valence-corrected chi connectivity index (χ2v) is 3.15. The van der Waals surface area contributed by atoms with Crippen molar-refractivity contribution in [2.75, 3.05) is 0 Å². The minimum atomic E-state index is -4.71. The summed E-state index contributed by atoms with van der Waals surface area (Å²) < 4.78 is 35.5. The Labute approximate surface area is 79.0 Å². The smallest absolute Gasteiger partial charge is 0.449 e. The molecule has 0 aromatic carbocycles. The van der Waals surface area contributed by atoms with Crippen LogP contribution in [0.3, 0.4) is 0 Å². The molecule has 0 bridgehead atoms. The molecule has 0 aliphatic rings. The quantitative estimate of drug-likeness (QED) is 0.696. The molecule has 0 saturated heterocycles. The zero-order chi connectivity index (χ0) is 9.90. The summed E-state index contributed by atoms with van der Waals surface area (Å²) in [6.45, 7) is -4.71. The van der Waals surface area contributed by atoms with Gasteiger partial charge in [0.25, 0.3) is 0 Å². The first-order valence-electron chi connectivity index (χ1n) is 3.79. The van der Waals surface area contributed by atoms with Crippen LogP contribution in [-0.2, 0) is 6.42 Å². The molecule has 0 unspecified atom stereocenters. The van der Waals surface area contributed by atoms with E-state index in [0.29, 0.717) is 10.7 Å². The number of hydrogen-bond donors (Lipinski definition) is 0. The van der Waals surface area contributed by atoms with Crippen LogP contribution in [0.5, 0.6) is 0 Å². The van der Waals surface area contributed by atoms with Crippen molar-refractivity contribution in [1.29, 1.82) is 0 Å². The monoisotopic (exact) mass is 208 g/mol. The van der Waals surface area contributed by atoms with Crippen LogP contribution in [-0.4, -0.2) is 12.0 Å². The fourth-order valence-electron chi connectivity index (χ4n) is 0.866. The summed E-state index contributed by atoms with van der Waals surface area (Å²) in [6.07, 6.45) is 0.496. The van der Waals surface area contributed by atoms with Crippen molar-refractivity contribution >= 4 is 18.6 Å². The Kier molecular flexibility index (Phi) is 3.19. The van der Waals surface area contributed by atoms with Gasteiger partial charge in [0, 0.05) is 11.9 Å². The molecule has 13 heavy (non-hydrogen) atoms. The van der Waals surface area contributed by atoms with Crippen LogP contribution in [0.25, 0.3) is 0 Å². The highest BCUT2D eigenvalue weighted by molar-refractivity contribution is 6.58. The lowest BCUT2D eigenvalue weighted by molar-refractivity contribution is 0.467. The molecule has 0 aliphatic heterocycles. The molecule has 0 fully saturated rings. The number of rotatable bonds is 3. The molecule has 0 radical (unpaired) electrons. The Hall–Kier alpha value is -0.705. The van der Waals surface area contributed by atoms with Crippen molar-refractivity contribution in [2.24, 2.45) is 0 Å². The highest BCUT2D eigenvalue weighted by Gasteiger charge is 2.22. The topological polar surface area (TPSA) is 12.9 Å². The number of hydrogen-bond acceptors (Lipinski definition) is 1. The van der Waals surface area contributed by atoms with E-state index in [0.717, 1.165) is 0 Å². The molecule has 6 heteroatoms. The highest BCUT2D eigenvalue weighted by atomic mass is 35.5. The second-order valence-electron chi connectivity index (χ2n) is 2.72. The molecule has 1 aromatic heterocycles. The third kappa shape index (κ3) is 4.17. The fourth-order valence-corrected chi connectivity index (χ4v) is 0.978. The Balaban J connectivity index is 2.51. The van der Waals surface area contributed by atoms with Gasteiger partial charge in [-0.25, -0.2) is 0 Å². The van der Waals surface area contributed by atoms with Gasteiger partial charge in [0.15, 0.2) is 0 Å². The molecule has 72 valence electrons. The van der Waals surface area contributed by atoms with E-state index in [1.54, 1.807) is 0 Å². The molecule has 0 atom stereocenters. The van der Waals surface area contributed by atoms with E-state index < -0.39 is 13.3 Å². The molecule has 0 saturated carbocycles. The van der Waals surface area contributed by atoms with Gasteiger partial charge < -0.3 is 12.9 Å². The lowest BCUT2D eigenvalue weighted by Crippen LogP contribution is -2.15. The predicted molar refractivity (Wildman–Crippen MR) is 46.8 cm³/mol. The molecule has 1 aromatic rings. The number of halogens is 4. The largest absolute Gasteiger partial charge is 0.478 e. The standard InChI is InChI=1S/C7H7BClF3N/c9-6-1-2-7(13-5-6)3-4-8(10,11)12/h1-2,5H,3-4H2/q-1. The Morgan fingerprint density at radius 2 is 2.00 bits per heavy atom. The number of aryl methyl sites for hydroxylation is 1. The summed E-state index contributed by atoms with van der Waals surface area (Å²) in [5, 5.41) is 0.432. The Morgan fingerprint density at radius 3 is 2.46 bits per heavy atom. The maximum Gasteiger partial charge on any atom is 0.478 e. The van der Waals surface area contributed by atoms with Crippen molar-refractivity contribution in [2.45, 2.75) is 12.7 Å². The SMILES string of the molecule is F[B-](F)(F)CCc1ccc(Cl)cn1. The van der Waals surface area contributed by atoms with E-state index in [1.165, 1.54) is 18.3 Å². The molecule has 1 heterocycles. The Morgan fingerprint density at radius 1 is 1.31 bits per heavy atom. The summed E-state index contributed by atoms with van der Waals surface area (Å²) in [5.74, 6) is 0. The summed E-state index contributed by atoms with van der Waals surface area (Å²) in [5.41, 5.74) is 0.420. The third-order valence-electron chi connectivity index (χ3n) is 1.52. The van der Waals surface area contributed by atoms with E-state index in [1.807, 2.05) is 0 Å². The van der Waals surface area contributed by atoms with Gasteiger partial charge in [-0.3, -0.25) is 4.98 Å². The maximum atomic E-state index is 11.8. The molecule has 0 amide bonds. The number of pyridine rings is 1. The van der Waals surface area contributed by atoms with E-state index in [-0.39, 0.29) is 6.42 Å². The van der Waals surface area contributed by atoms with Crippen LogP contribution in [0.4, 0.5) is 12.9 Å². The molecule has 0 spiro atoms. The zero-order valence-electron chi connectivity index (χ0n) is 6.68. The van der Waals surface area contributed by atoms with Gasteiger partial charge in [-0.15, -0.1) is 0 Å². The first kappa shape index (κ1) is 10.4. The maximum absolute atomic E-state index is 11.8. The van der Waals surface area contributed by atoms with Gasteiger partial charge in [0.1, 0.15) is 0 Å². The zero-order valence-corrected chi connectivity index (χ0v) is 7.44. The van der Waals surface area contributed by atoms with Gasteiger partial charge in [0.2, 0.25) is 0 Å². The van der Waals surface area contributed by atoms with Crippen LogP contribution in [0.15, 0.2) is 18.3 Å². The molecule has 0 N–H and O–H groups in total. The van der Waals surface area contributed by atoms with Crippen molar-refractivity contribution in [3.05, 3.63) is 29.0 Å².